The first-order valence-corrected chi connectivity index (χ1v) is 8.32. The van der Waals surface area contributed by atoms with E-state index in [1.807, 2.05) is 19.9 Å². The van der Waals surface area contributed by atoms with Crippen molar-refractivity contribution in [3.8, 4) is 0 Å². The third kappa shape index (κ3) is 5.31. The zero-order valence-electron chi connectivity index (χ0n) is 14.4. The van der Waals surface area contributed by atoms with Crippen LogP contribution in [0.2, 0.25) is 0 Å². The van der Waals surface area contributed by atoms with Crippen molar-refractivity contribution in [2.45, 2.75) is 79.4 Å². The number of aryl methyl sites for hydroxylation is 1. The van der Waals surface area contributed by atoms with Gasteiger partial charge in [0.1, 0.15) is 6.61 Å². The molecule has 1 aromatic heterocycles. The molecule has 0 aromatic carbocycles. The Balaban J connectivity index is 2.43. The number of nitrogens with zero attached hydrogens (tertiary/aromatic N) is 1. The largest absolute Gasteiger partial charge is 0.370 e. The maximum atomic E-state index is 12.3. The molecule has 0 N–H and O–H groups in total. The molecule has 0 spiro atoms. The lowest BCUT2D eigenvalue weighted by Gasteiger charge is -2.12. The van der Waals surface area contributed by atoms with E-state index in [2.05, 4.69) is 25.3 Å². The number of carbonyl (C=O) groups is 1. The van der Waals surface area contributed by atoms with E-state index < -0.39 is 0 Å². The molecule has 0 saturated carbocycles. The van der Waals surface area contributed by atoms with Gasteiger partial charge >= 0.3 is 0 Å². The van der Waals surface area contributed by atoms with Crippen molar-refractivity contribution in [2.75, 3.05) is 6.61 Å². The number of ether oxygens (including phenoxy) is 1. The number of Topliss-reactive ketones (excluding diaryl/α,β-unsaturated/α-hetero) is 1. The number of carbonyl (C=O) groups excluding carboxylic acids is 1. The average Bonchev–Trinajstić information content (AvgIpc) is 2.75. The van der Waals surface area contributed by atoms with Crippen molar-refractivity contribution in [3.05, 3.63) is 23.0 Å². The lowest BCUT2D eigenvalue weighted by Crippen LogP contribution is -2.16. The van der Waals surface area contributed by atoms with Gasteiger partial charge in [-0.05, 0) is 40.2 Å². The molecule has 0 radical (unpaired) electrons. The molecule has 1 rings (SSSR count). The summed E-state index contributed by atoms with van der Waals surface area (Å²) in [6.45, 7) is 11.5. The average molecular weight is 293 g/mol. The molecule has 1 aromatic rings. The molecule has 0 amide bonds. The second kappa shape index (κ2) is 9.04. The Hall–Kier alpha value is -1.09. The van der Waals surface area contributed by atoms with E-state index in [0.29, 0.717) is 0 Å². The Morgan fingerprint density at radius 1 is 1.24 bits per heavy atom. The molecule has 1 atom stereocenters. The van der Waals surface area contributed by atoms with Gasteiger partial charge in [0, 0.05) is 23.5 Å². The van der Waals surface area contributed by atoms with Crippen LogP contribution in [0.25, 0.3) is 0 Å². The summed E-state index contributed by atoms with van der Waals surface area (Å²) < 4.78 is 7.89. The van der Waals surface area contributed by atoms with Crippen LogP contribution in [-0.4, -0.2) is 23.1 Å². The van der Waals surface area contributed by atoms with Gasteiger partial charge in [0.25, 0.3) is 0 Å². The maximum Gasteiger partial charge on any atom is 0.190 e. The molecule has 3 nitrogen and oxygen atoms in total. The van der Waals surface area contributed by atoms with Gasteiger partial charge in [0.05, 0.1) is 6.10 Å². The molecule has 0 aliphatic heterocycles. The first kappa shape index (κ1) is 18.0. The van der Waals surface area contributed by atoms with E-state index in [1.54, 1.807) is 0 Å². The molecule has 1 unspecified atom stereocenters. The van der Waals surface area contributed by atoms with Crippen molar-refractivity contribution in [1.82, 2.24) is 4.57 Å². The van der Waals surface area contributed by atoms with Gasteiger partial charge in [-0.25, -0.2) is 0 Å². The van der Waals surface area contributed by atoms with E-state index in [-0.39, 0.29) is 18.5 Å². The number of hydrogen-bond donors (Lipinski definition) is 0. The Bertz CT molecular complexity index is 448. The number of aromatic nitrogens is 1. The highest BCUT2D eigenvalue weighted by atomic mass is 16.5. The minimum atomic E-state index is 0.100. The summed E-state index contributed by atoms with van der Waals surface area (Å²) in [5.41, 5.74) is 3.01. The summed E-state index contributed by atoms with van der Waals surface area (Å²) in [5, 5.41) is 0. The minimum absolute atomic E-state index is 0.100. The predicted molar refractivity (Wildman–Crippen MR) is 88.1 cm³/mol. The highest BCUT2D eigenvalue weighted by molar-refractivity contribution is 5.98. The van der Waals surface area contributed by atoms with E-state index in [9.17, 15) is 4.79 Å². The summed E-state index contributed by atoms with van der Waals surface area (Å²) in [4.78, 5) is 12.3. The molecule has 1 heterocycles. The first-order chi connectivity index (χ1) is 10.0. The van der Waals surface area contributed by atoms with Crippen LogP contribution in [0.4, 0.5) is 0 Å². The number of hydrogen-bond acceptors (Lipinski definition) is 2. The molecule has 120 valence electrons. The summed E-state index contributed by atoms with van der Waals surface area (Å²) >= 11 is 0. The van der Waals surface area contributed by atoms with Crippen LogP contribution in [0.1, 0.15) is 74.6 Å². The summed E-state index contributed by atoms with van der Waals surface area (Å²) in [7, 11) is 0. The van der Waals surface area contributed by atoms with Gasteiger partial charge in [0.15, 0.2) is 5.78 Å². The molecule has 0 bridgehead atoms. The Morgan fingerprint density at radius 3 is 2.52 bits per heavy atom. The van der Waals surface area contributed by atoms with Crippen LogP contribution < -0.4 is 0 Å². The van der Waals surface area contributed by atoms with Crippen LogP contribution in [0.15, 0.2) is 6.07 Å². The standard InChI is InChI=1S/C18H31NO2/c1-6-8-9-10-11-15(4)21-13-18(20)17-12-14(3)19(7-2)16(17)5/h12,15H,6-11,13H2,1-5H3. The third-order valence-electron chi connectivity index (χ3n) is 4.15. The fourth-order valence-corrected chi connectivity index (χ4v) is 2.81. The Kier molecular flexibility index (Phi) is 7.73. The second-order valence-electron chi connectivity index (χ2n) is 5.92. The van der Waals surface area contributed by atoms with E-state index in [4.69, 9.17) is 4.74 Å². The molecule has 0 fully saturated rings. The molecular formula is C18H31NO2. The summed E-state index contributed by atoms with van der Waals surface area (Å²) in [5.74, 6) is 0.100. The molecule has 0 saturated heterocycles. The lowest BCUT2D eigenvalue weighted by molar-refractivity contribution is 0.0482. The zero-order valence-corrected chi connectivity index (χ0v) is 14.4. The minimum Gasteiger partial charge on any atom is -0.370 e. The number of rotatable bonds is 10. The fraction of sp³-hybridized carbons (Fsp3) is 0.722. The van der Waals surface area contributed by atoms with Crippen molar-refractivity contribution in [1.29, 1.82) is 0 Å². The van der Waals surface area contributed by atoms with Crippen molar-refractivity contribution in [3.63, 3.8) is 0 Å². The van der Waals surface area contributed by atoms with Crippen LogP contribution in [-0.2, 0) is 11.3 Å². The van der Waals surface area contributed by atoms with Crippen LogP contribution in [0.5, 0.6) is 0 Å². The van der Waals surface area contributed by atoms with E-state index in [0.717, 1.165) is 29.9 Å². The maximum absolute atomic E-state index is 12.3. The van der Waals surface area contributed by atoms with Gasteiger partial charge in [-0.3, -0.25) is 4.79 Å². The number of ketones is 1. The van der Waals surface area contributed by atoms with Gasteiger partial charge < -0.3 is 9.30 Å². The summed E-state index contributed by atoms with van der Waals surface area (Å²) in [6, 6.07) is 1.98. The predicted octanol–water partition coefficient (Wildman–Crippen LogP) is 4.68. The highest BCUT2D eigenvalue weighted by Gasteiger charge is 2.16. The lowest BCUT2D eigenvalue weighted by atomic mass is 10.1. The van der Waals surface area contributed by atoms with Gasteiger partial charge in [-0.2, -0.15) is 0 Å². The fourth-order valence-electron chi connectivity index (χ4n) is 2.81. The Morgan fingerprint density at radius 2 is 1.95 bits per heavy atom. The SMILES string of the molecule is CCCCCCC(C)OCC(=O)c1cc(C)n(CC)c1C. The smallest absolute Gasteiger partial charge is 0.190 e. The van der Waals surface area contributed by atoms with Gasteiger partial charge in [-0.15, -0.1) is 0 Å². The molecule has 3 heteroatoms. The van der Waals surface area contributed by atoms with Gasteiger partial charge in [-0.1, -0.05) is 32.6 Å². The third-order valence-corrected chi connectivity index (χ3v) is 4.15. The molecular weight excluding hydrogens is 262 g/mol. The quantitative estimate of drug-likeness (QED) is 0.463. The topological polar surface area (TPSA) is 31.2 Å². The monoisotopic (exact) mass is 293 g/mol. The summed E-state index contributed by atoms with van der Waals surface area (Å²) in [6.07, 6.45) is 6.19. The normalized spacial score (nSPS) is 12.6. The Labute approximate surface area is 129 Å². The van der Waals surface area contributed by atoms with Crippen LogP contribution >= 0.6 is 0 Å². The first-order valence-electron chi connectivity index (χ1n) is 8.32. The molecule has 0 aliphatic rings. The van der Waals surface area contributed by atoms with Crippen molar-refractivity contribution < 1.29 is 9.53 Å². The zero-order chi connectivity index (χ0) is 15.8. The van der Waals surface area contributed by atoms with E-state index in [1.165, 1.54) is 25.7 Å². The van der Waals surface area contributed by atoms with Crippen molar-refractivity contribution in [2.24, 2.45) is 0 Å². The molecule has 0 aliphatic carbocycles. The number of unbranched alkanes of at least 4 members (excludes halogenated alkanes) is 3. The molecule has 21 heavy (non-hydrogen) atoms. The second-order valence-corrected chi connectivity index (χ2v) is 5.92. The van der Waals surface area contributed by atoms with Crippen LogP contribution in [0, 0.1) is 13.8 Å². The van der Waals surface area contributed by atoms with Crippen molar-refractivity contribution >= 4 is 5.78 Å². The van der Waals surface area contributed by atoms with Gasteiger partial charge in [0.2, 0.25) is 0 Å². The highest BCUT2D eigenvalue weighted by Crippen LogP contribution is 2.16. The van der Waals surface area contributed by atoms with E-state index >= 15 is 0 Å². The van der Waals surface area contributed by atoms with Crippen LogP contribution in [0.3, 0.4) is 0 Å².